The highest BCUT2D eigenvalue weighted by Crippen LogP contribution is 2.42. The molecule has 6 heteroatoms. The fourth-order valence-electron chi connectivity index (χ4n) is 4.42. The van der Waals surface area contributed by atoms with E-state index in [1.54, 1.807) is 36.4 Å². The number of esters is 1. The van der Waals surface area contributed by atoms with Crippen LogP contribution in [0.1, 0.15) is 54.3 Å². The largest absolute Gasteiger partial charge is 0.467 e. The molecule has 0 unspecified atom stereocenters. The van der Waals surface area contributed by atoms with Gasteiger partial charge in [-0.3, -0.25) is 9.59 Å². The Kier molecular flexibility index (Phi) is 6.24. The van der Waals surface area contributed by atoms with Gasteiger partial charge in [-0.1, -0.05) is 72.8 Å². The molecule has 2 amide bonds. The number of nitrogens with zero attached hydrogens (tertiary/aromatic N) is 1. The van der Waals surface area contributed by atoms with Gasteiger partial charge in [-0.05, 0) is 49.1 Å². The van der Waals surface area contributed by atoms with Crippen molar-refractivity contribution in [2.45, 2.75) is 38.4 Å². The van der Waals surface area contributed by atoms with Crippen molar-refractivity contribution >= 4 is 17.8 Å². The van der Waals surface area contributed by atoms with Crippen LogP contribution in [-0.4, -0.2) is 35.3 Å². The van der Waals surface area contributed by atoms with Gasteiger partial charge < -0.3 is 15.0 Å². The molecule has 2 atom stereocenters. The monoisotopic (exact) mass is 456 g/mol. The van der Waals surface area contributed by atoms with Crippen LogP contribution in [0.3, 0.4) is 0 Å². The molecule has 0 fully saturated rings. The maximum absolute atomic E-state index is 14.2. The first-order chi connectivity index (χ1) is 16.2. The Labute approximate surface area is 199 Å². The molecule has 4 rings (SSSR count). The highest BCUT2D eigenvalue weighted by Gasteiger charge is 2.45. The van der Waals surface area contributed by atoms with E-state index in [2.05, 4.69) is 5.32 Å². The molecule has 1 N–H and O–H groups in total. The minimum absolute atomic E-state index is 0.369. The average molecular weight is 457 g/mol. The number of benzene rings is 3. The molecule has 0 aromatic heterocycles. The van der Waals surface area contributed by atoms with Crippen molar-refractivity contribution in [1.82, 2.24) is 10.2 Å². The second-order valence-corrected chi connectivity index (χ2v) is 9.32. The maximum atomic E-state index is 14.2. The van der Waals surface area contributed by atoms with Gasteiger partial charge >= 0.3 is 5.97 Å². The predicted molar refractivity (Wildman–Crippen MR) is 130 cm³/mol. The summed E-state index contributed by atoms with van der Waals surface area (Å²) in [4.78, 5) is 42.6. The van der Waals surface area contributed by atoms with E-state index in [4.69, 9.17) is 4.74 Å². The van der Waals surface area contributed by atoms with Gasteiger partial charge in [0.05, 0.1) is 7.11 Å². The van der Waals surface area contributed by atoms with E-state index in [0.29, 0.717) is 16.7 Å². The SMILES string of the molecule is COC(=O)[C@H](c1ccccc1)N1C(=O)c2ccccc2-c2ccccc2[C@@H]1C(=O)NC(C)(C)C. The summed E-state index contributed by atoms with van der Waals surface area (Å²) < 4.78 is 5.15. The summed E-state index contributed by atoms with van der Waals surface area (Å²) >= 11 is 0. The van der Waals surface area contributed by atoms with Crippen LogP contribution in [0.25, 0.3) is 11.1 Å². The fraction of sp³-hybridized carbons (Fsp3) is 0.250. The summed E-state index contributed by atoms with van der Waals surface area (Å²) in [7, 11) is 1.28. The number of fused-ring (bicyclic) bond motifs is 3. The van der Waals surface area contributed by atoms with E-state index < -0.39 is 29.5 Å². The quantitative estimate of drug-likeness (QED) is 0.579. The van der Waals surface area contributed by atoms with Crippen LogP contribution < -0.4 is 5.32 Å². The van der Waals surface area contributed by atoms with Gasteiger partial charge in [-0.2, -0.15) is 0 Å². The van der Waals surface area contributed by atoms with E-state index in [1.165, 1.54) is 12.0 Å². The molecular formula is C28H28N2O4. The number of carbonyl (C=O) groups excluding carboxylic acids is 3. The zero-order valence-electron chi connectivity index (χ0n) is 19.7. The third-order valence-electron chi connectivity index (χ3n) is 5.78. The smallest absolute Gasteiger partial charge is 0.333 e. The summed E-state index contributed by atoms with van der Waals surface area (Å²) in [6.45, 7) is 5.64. The standard InChI is InChI=1S/C28H28N2O4/c1-28(2,3)29-25(31)24-21-16-10-8-14-19(21)20-15-9-11-17-22(20)26(32)30(24)23(27(33)34-4)18-12-6-5-7-13-18/h5-17,23-24H,1-4H3,(H,29,31)/t23-,24+/m0/s1. The Morgan fingerprint density at radius 3 is 2.03 bits per heavy atom. The highest BCUT2D eigenvalue weighted by atomic mass is 16.5. The molecule has 3 aromatic carbocycles. The summed E-state index contributed by atoms with van der Waals surface area (Å²) in [5, 5.41) is 3.01. The zero-order valence-corrected chi connectivity index (χ0v) is 19.7. The topological polar surface area (TPSA) is 75.7 Å². The van der Waals surface area contributed by atoms with Crippen LogP contribution in [0.2, 0.25) is 0 Å². The minimum Gasteiger partial charge on any atom is -0.467 e. The van der Waals surface area contributed by atoms with E-state index in [0.717, 1.165) is 11.1 Å². The van der Waals surface area contributed by atoms with Crippen molar-refractivity contribution in [2.24, 2.45) is 0 Å². The predicted octanol–water partition coefficient (Wildman–Crippen LogP) is 4.68. The van der Waals surface area contributed by atoms with Crippen molar-refractivity contribution in [3.05, 3.63) is 95.6 Å². The summed E-state index contributed by atoms with van der Waals surface area (Å²) in [6, 6.07) is 21.4. The van der Waals surface area contributed by atoms with E-state index in [1.807, 2.05) is 63.2 Å². The normalized spacial score (nSPS) is 16.1. The van der Waals surface area contributed by atoms with Crippen LogP contribution in [0.4, 0.5) is 0 Å². The lowest BCUT2D eigenvalue weighted by Gasteiger charge is -2.37. The van der Waals surface area contributed by atoms with Gasteiger partial charge in [0.2, 0.25) is 5.91 Å². The molecule has 1 heterocycles. The zero-order chi connectivity index (χ0) is 24.5. The molecule has 34 heavy (non-hydrogen) atoms. The van der Waals surface area contributed by atoms with Gasteiger partial charge in [0.15, 0.2) is 6.04 Å². The van der Waals surface area contributed by atoms with E-state index in [-0.39, 0.29) is 5.91 Å². The van der Waals surface area contributed by atoms with Crippen molar-refractivity contribution in [3.63, 3.8) is 0 Å². The Morgan fingerprint density at radius 2 is 1.41 bits per heavy atom. The molecular weight excluding hydrogens is 428 g/mol. The average Bonchev–Trinajstić information content (AvgIpc) is 2.92. The summed E-state index contributed by atoms with van der Waals surface area (Å²) in [5.74, 6) is -1.41. The highest BCUT2D eigenvalue weighted by molar-refractivity contribution is 6.07. The second-order valence-electron chi connectivity index (χ2n) is 9.32. The number of rotatable bonds is 4. The molecule has 0 radical (unpaired) electrons. The molecule has 174 valence electrons. The first-order valence-corrected chi connectivity index (χ1v) is 11.2. The van der Waals surface area contributed by atoms with Crippen molar-refractivity contribution in [3.8, 4) is 11.1 Å². The van der Waals surface area contributed by atoms with Crippen LogP contribution in [0.15, 0.2) is 78.9 Å². The Balaban J connectivity index is 2.03. The maximum Gasteiger partial charge on any atom is 0.333 e. The van der Waals surface area contributed by atoms with Crippen molar-refractivity contribution in [2.75, 3.05) is 7.11 Å². The molecule has 0 spiro atoms. The molecule has 6 nitrogen and oxygen atoms in total. The number of hydrogen-bond donors (Lipinski definition) is 1. The Hall–Kier alpha value is -3.93. The number of nitrogens with one attached hydrogen (secondary N) is 1. The Morgan fingerprint density at radius 1 is 0.853 bits per heavy atom. The number of carbonyl (C=O) groups is 3. The molecule has 3 aromatic rings. The first-order valence-electron chi connectivity index (χ1n) is 11.2. The van der Waals surface area contributed by atoms with Gasteiger partial charge in [-0.15, -0.1) is 0 Å². The second kappa shape index (κ2) is 9.14. The summed E-state index contributed by atoms with van der Waals surface area (Å²) in [6.07, 6.45) is 0. The number of hydrogen-bond acceptors (Lipinski definition) is 4. The first kappa shape index (κ1) is 23.2. The third-order valence-corrected chi connectivity index (χ3v) is 5.78. The van der Waals surface area contributed by atoms with Gasteiger partial charge in [0.25, 0.3) is 5.91 Å². The lowest BCUT2D eigenvalue weighted by molar-refractivity contribution is -0.148. The van der Waals surface area contributed by atoms with Gasteiger partial charge in [0.1, 0.15) is 6.04 Å². The fourth-order valence-corrected chi connectivity index (χ4v) is 4.42. The molecule has 0 bridgehead atoms. The number of ether oxygens (including phenoxy) is 1. The Bertz CT molecular complexity index is 1230. The molecule has 0 saturated carbocycles. The van der Waals surface area contributed by atoms with Crippen molar-refractivity contribution < 1.29 is 19.1 Å². The minimum atomic E-state index is -1.12. The van der Waals surface area contributed by atoms with Crippen LogP contribution in [-0.2, 0) is 14.3 Å². The number of methoxy groups -OCH3 is 1. The molecule has 1 aliphatic heterocycles. The van der Waals surface area contributed by atoms with Crippen LogP contribution >= 0.6 is 0 Å². The lowest BCUT2D eigenvalue weighted by Crippen LogP contribution is -2.51. The van der Waals surface area contributed by atoms with Gasteiger partial charge in [0, 0.05) is 11.1 Å². The van der Waals surface area contributed by atoms with Crippen LogP contribution in [0.5, 0.6) is 0 Å². The van der Waals surface area contributed by atoms with Crippen LogP contribution in [0, 0.1) is 0 Å². The molecule has 0 saturated heterocycles. The number of amides is 2. The molecule has 0 aliphatic carbocycles. The molecule has 1 aliphatic rings. The van der Waals surface area contributed by atoms with E-state index in [9.17, 15) is 14.4 Å². The lowest BCUT2D eigenvalue weighted by atomic mass is 9.92. The van der Waals surface area contributed by atoms with Gasteiger partial charge in [-0.25, -0.2) is 4.79 Å². The van der Waals surface area contributed by atoms with Crippen molar-refractivity contribution in [1.29, 1.82) is 0 Å². The van der Waals surface area contributed by atoms with E-state index >= 15 is 0 Å². The summed E-state index contributed by atoms with van der Waals surface area (Å²) in [5.41, 5.74) is 2.58. The third kappa shape index (κ3) is 4.31.